The highest BCUT2D eigenvalue weighted by molar-refractivity contribution is 7.89. The number of nitrogens with zero attached hydrogens (tertiary/aromatic N) is 2. The van der Waals surface area contributed by atoms with Crippen LogP contribution in [0.5, 0.6) is 11.5 Å². The van der Waals surface area contributed by atoms with Gasteiger partial charge in [-0.05, 0) is 43.2 Å². The van der Waals surface area contributed by atoms with Gasteiger partial charge in [0.2, 0.25) is 22.0 Å². The van der Waals surface area contributed by atoms with E-state index in [2.05, 4.69) is 0 Å². The zero-order valence-electron chi connectivity index (χ0n) is 18.8. The Hall–Kier alpha value is -3.18. The van der Waals surface area contributed by atoms with Crippen LogP contribution in [0.4, 0.5) is 10.1 Å². The van der Waals surface area contributed by atoms with Crippen molar-refractivity contribution in [2.75, 3.05) is 38.8 Å². The number of rotatable bonds is 5. The van der Waals surface area contributed by atoms with E-state index < -0.39 is 33.8 Å². The van der Waals surface area contributed by atoms with Gasteiger partial charge in [0.15, 0.2) is 0 Å². The van der Waals surface area contributed by atoms with E-state index in [9.17, 15) is 22.4 Å². The molecular weight excluding hydrogens is 467 g/mol. The Balaban J connectivity index is 1.51. The number of anilines is 1. The van der Waals surface area contributed by atoms with Crippen LogP contribution >= 0.6 is 0 Å². The van der Waals surface area contributed by atoms with Crippen LogP contribution in [0.3, 0.4) is 0 Å². The standard InChI is InChI=1S/C23H25FN2O7S/c1-31-19-8-7-16(24)13-21(19)34(29,30)25-11-9-15(10-12-25)22(27)26-14-20(23(28)32-2)33-18-6-4-3-5-17(18)26/h3-8,13,15,20H,9-12,14H2,1-2H3/t20-/m0/s1. The number of benzene rings is 2. The molecule has 0 unspecified atom stereocenters. The van der Waals surface area contributed by atoms with Gasteiger partial charge in [-0.3, -0.25) is 4.79 Å². The van der Waals surface area contributed by atoms with Crippen LogP contribution in [-0.4, -0.2) is 64.6 Å². The molecule has 0 spiro atoms. The molecule has 1 fully saturated rings. The highest BCUT2D eigenvalue weighted by Crippen LogP contribution is 2.36. The number of carbonyl (C=O) groups is 2. The van der Waals surface area contributed by atoms with Gasteiger partial charge in [-0.1, -0.05) is 12.1 Å². The van der Waals surface area contributed by atoms with Gasteiger partial charge >= 0.3 is 5.97 Å². The van der Waals surface area contributed by atoms with Crippen molar-refractivity contribution in [1.82, 2.24) is 4.31 Å². The Bertz CT molecular complexity index is 1200. The number of para-hydroxylation sites is 2. The Morgan fingerprint density at radius 2 is 1.79 bits per heavy atom. The molecule has 9 nitrogen and oxygen atoms in total. The van der Waals surface area contributed by atoms with Crippen molar-refractivity contribution in [2.45, 2.75) is 23.8 Å². The molecule has 1 amide bonds. The maximum absolute atomic E-state index is 13.8. The third-order valence-electron chi connectivity index (χ3n) is 6.05. The Labute approximate surface area is 197 Å². The molecule has 0 radical (unpaired) electrons. The molecule has 34 heavy (non-hydrogen) atoms. The summed E-state index contributed by atoms with van der Waals surface area (Å²) in [4.78, 5) is 26.8. The molecule has 2 aliphatic heterocycles. The average Bonchev–Trinajstić information content (AvgIpc) is 2.87. The second kappa shape index (κ2) is 9.59. The number of hydrogen-bond donors (Lipinski definition) is 0. The molecule has 1 atom stereocenters. The van der Waals surface area contributed by atoms with Gasteiger partial charge in [-0.25, -0.2) is 17.6 Å². The summed E-state index contributed by atoms with van der Waals surface area (Å²) in [6, 6.07) is 10.2. The fourth-order valence-corrected chi connectivity index (χ4v) is 5.89. The number of ether oxygens (including phenoxy) is 3. The minimum absolute atomic E-state index is 0.00151. The first-order valence-electron chi connectivity index (χ1n) is 10.7. The van der Waals surface area contributed by atoms with Crippen molar-refractivity contribution in [3.05, 3.63) is 48.3 Å². The summed E-state index contributed by atoms with van der Waals surface area (Å²) in [5.41, 5.74) is 0.548. The summed E-state index contributed by atoms with van der Waals surface area (Å²) >= 11 is 0. The van der Waals surface area contributed by atoms with Gasteiger partial charge in [0.1, 0.15) is 22.2 Å². The van der Waals surface area contributed by atoms with E-state index >= 15 is 0 Å². The van der Waals surface area contributed by atoms with Crippen LogP contribution in [0.15, 0.2) is 47.4 Å². The van der Waals surface area contributed by atoms with Gasteiger partial charge in [-0.2, -0.15) is 4.31 Å². The first kappa shape index (κ1) is 24.0. The summed E-state index contributed by atoms with van der Waals surface area (Å²) in [5.74, 6) is -1.49. The van der Waals surface area contributed by atoms with E-state index in [-0.39, 0.29) is 49.0 Å². The van der Waals surface area contributed by atoms with E-state index in [0.717, 1.165) is 12.1 Å². The van der Waals surface area contributed by atoms with Gasteiger partial charge in [0.25, 0.3) is 0 Å². The van der Waals surface area contributed by atoms with Crippen molar-refractivity contribution >= 4 is 27.6 Å². The summed E-state index contributed by atoms with van der Waals surface area (Å²) in [7, 11) is -1.44. The van der Waals surface area contributed by atoms with E-state index in [4.69, 9.17) is 14.2 Å². The third-order valence-corrected chi connectivity index (χ3v) is 7.97. The summed E-state index contributed by atoms with van der Waals surface area (Å²) in [5, 5.41) is 0. The molecule has 0 saturated carbocycles. The first-order chi connectivity index (χ1) is 16.3. The topological polar surface area (TPSA) is 102 Å². The lowest BCUT2D eigenvalue weighted by Crippen LogP contribution is -2.51. The summed E-state index contributed by atoms with van der Waals surface area (Å²) in [6.45, 7) is 0.178. The minimum Gasteiger partial charge on any atom is -0.495 e. The van der Waals surface area contributed by atoms with Crippen molar-refractivity contribution in [3.8, 4) is 11.5 Å². The van der Waals surface area contributed by atoms with Crippen molar-refractivity contribution in [1.29, 1.82) is 0 Å². The maximum atomic E-state index is 13.8. The number of methoxy groups -OCH3 is 2. The van der Waals surface area contributed by atoms with Crippen LogP contribution in [0.2, 0.25) is 0 Å². The predicted molar refractivity (Wildman–Crippen MR) is 120 cm³/mol. The lowest BCUT2D eigenvalue weighted by atomic mass is 9.95. The molecule has 2 aromatic rings. The quantitative estimate of drug-likeness (QED) is 0.590. The molecule has 182 valence electrons. The third kappa shape index (κ3) is 4.45. The fourth-order valence-electron chi connectivity index (χ4n) is 4.25. The monoisotopic (exact) mass is 492 g/mol. The number of fused-ring (bicyclic) bond motifs is 1. The fraction of sp³-hybridized carbons (Fsp3) is 0.391. The predicted octanol–water partition coefficient (Wildman–Crippen LogP) is 2.20. The number of carbonyl (C=O) groups excluding carboxylic acids is 2. The van der Waals surface area contributed by atoms with E-state index in [1.54, 1.807) is 24.3 Å². The lowest BCUT2D eigenvalue weighted by molar-refractivity contribution is -0.148. The smallest absolute Gasteiger partial charge is 0.348 e. The Kier molecular flexibility index (Phi) is 6.76. The van der Waals surface area contributed by atoms with Crippen molar-refractivity contribution in [2.24, 2.45) is 5.92 Å². The zero-order chi connectivity index (χ0) is 24.5. The zero-order valence-corrected chi connectivity index (χ0v) is 19.6. The molecule has 0 aliphatic carbocycles. The van der Waals surface area contributed by atoms with E-state index in [0.29, 0.717) is 11.4 Å². The van der Waals surface area contributed by atoms with Crippen molar-refractivity contribution in [3.63, 3.8) is 0 Å². The average molecular weight is 493 g/mol. The Morgan fingerprint density at radius 1 is 1.09 bits per heavy atom. The molecule has 2 heterocycles. The maximum Gasteiger partial charge on any atom is 0.348 e. The number of amides is 1. The Morgan fingerprint density at radius 3 is 2.47 bits per heavy atom. The second-order valence-electron chi connectivity index (χ2n) is 8.02. The molecule has 2 aliphatic rings. The van der Waals surface area contributed by atoms with Crippen LogP contribution < -0.4 is 14.4 Å². The molecule has 4 rings (SSSR count). The second-order valence-corrected chi connectivity index (χ2v) is 9.93. The minimum atomic E-state index is -4.01. The number of esters is 1. The van der Waals surface area contributed by atoms with Gasteiger partial charge in [0, 0.05) is 19.0 Å². The van der Waals surface area contributed by atoms with Crippen LogP contribution in [0.25, 0.3) is 0 Å². The van der Waals surface area contributed by atoms with E-state index in [1.165, 1.54) is 29.5 Å². The molecule has 0 N–H and O–H groups in total. The number of piperidine rings is 1. The molecule has 1 saturated heterocycles. The molecule has 0 aromatic heterocycles. The van der Waals surface area contributed by atoms with Crippen molar-refractivity contribution < 1.29 is 36.6 Å². The van der Waals surface area contributed by atoms with Crippen LogP contribution in [0, 0.1) is 11.7 Å². The summed E-state index contributed by atoms with van der Waals surface area (Å²) in [6.07, 6.45) is -0.402. The molecule has 11 heteroatoms. The summed E-state index contributed by atoms with van der Waals surface area (Å²) < 4.78 is 56.8. The normalized spacial score (nSPS) is 19.1. The number of halogens is 1. The SMILES string of the molecule is COC(=O)[C@@H]1CN(C(=O)C2CCN(S(=O)(=O)c3cc(F)ccc3OC)CC2)c2ccccc2O1. The molecule has 0 bridgehead atoms. The van der Waals surface area contributed by atoms with E-state index in [1.807, 2.05) is 0 Å². The van der Waals surface area contributed by atoms with Crippen LogP contribution in [-0.2, 0) is 24.3 Å². The van der Waals surface area contributed by atoms with Gasteiger partial charge in [0.05, 0.1) is 26.5 Å². The lowest BCUT2D eigenvalue weighted by Gasteiger charge is -2.37. The van der Waals surface area contributed by atoms with Gasteiger partial charge in [-0.15, -0.1) is 0 Å². The number of sulfonamides is 1. The highest BCUT2D eigenvalue weighted by atomic mass is 32.2. The van der Waals surface area contributed by atoms with Gasteiger partial charge < -0.3 is 19.1 Å². The first-order valence-corrected chi connectivity index (χ1v) is 12.2. The molecular formula is C23H25FN2O7S. The number of hydrogen-bond acceptors (Lipinski definition) is 7. The molecule has 2 aromatic carbocycles. The van der Waals surface area contributed by atoms with Crippen LogP contribution in [0.1, 0.15) is 12.8 Å². The largest absolute Gasteiger partial charge is 0.495 e. The highest BCUT2D eigenvalue weighted by Gasteiger charge is 2.39.